The van der Waals surface area contributed by atoms with Gasteiger partial charge in [0.1, 0.15) is 5.82 Å². The average Bonchev–Trinajstić information content (AvgIpc) is 2.48. The summed E-state index contributed by atoms with van der Waals surface area (Å²) >= 11 is 5.80. The first-order chi connectivity index (χ1) is 9.94. The second kappa shape index (κ2) is 7.90. The Morgan fingerprint density at radius 1 is 1.19 bits per heavy atom. The van der Waals surface area contributed by atoms with Gasteiger partial charge in [-0.25, -0.2) is 4.39 Å². The number of halogens is 2. The number of benzene rings is 1. The number of ketones is 1. The van der Waals surface area contributed by atoms with Crippen LogP contribution in [0.3, 0.4) is 0 Å². The normalized spacial score (nSPS) is 12.0. The molecule has 0 heterocycles. The van der Waals surface area contributed by atoms with Gasteiger partial charge < -0.3 is 0 Å². The van der Waals surface area contributed by atoms with Gasteiger partial charge in [0.25, 0.3) is 0 Å². The molecule has 0 atom stereocenters. The van der Waals surface area contributed by atoms with Crippen molar-refractivity contribution in [2.24, 2.45) is 0 Å². The number of carbonyl (C=O) groups excluding carboxylic acids is 1. The summed E-state index contributed by atoms with van der Waals surface area (Å²) in [5.41, 5.74) is 0.328. The summed E-state index contributed by atoms with van der Waals surface area (Å²) in [5.74, 6) is -0.271. The third kappa shape index (κ3) is 3.83. The van der Waals surface area contributed by atoms with Crippen molar-refractivity contribution in [3.05, 3.63) is 34.6 Å². The Morgan fingerprint density at radius 3 is 2.19 bits per heavy atom. The zero-order valence-corrected chi connectivity index (χ0v) is 14.1. The first-order valence-electron chi connectivity index (χ1n) is 7.67. The Morgan fingerprint density at radius 2 is 1.76 bits per heavy atom. The molecule has 0 saturated carbocycles. The Kier molecular flexibility index (Phi) is 6.82. The van der Waals surface area contributed by atoms with Gasteiger partial charge in [-0.2, -0.15) is 0 Å². The molecule has 21 heavy (non-hydrogen) atoms. The van der Waals surface area contributed by atoms with Gasteiger partial charge in [0.05, 0.1) is 10.6 Å². The topological polar surface area (TPSA) is 20.3 Å². The van der Waals surface area contributed by atoms with Crippen molar-refractivity contribution < 1.29 is 9.18 Å². The van der Waals surface area contributed by atoms with Crippen LogP contribution in [0.1, 0.15) is 46.1 Å². The molecule has 2 nitrogen and oxygen atoms in total. The molecular weight excluding hydrogens is 289 g/mol. The molecule has 1 aromatic carbocycles. The zero-order valence-electron chi connectivity index (χ0n) is 13.4. The van der Waals surface area contributed by atoms with E-state index in [4.69, 9.17) is 11.6 Å². The summed E-state index contributed by atoms with van der Waals surface area (Å²) in [6, 6.07) is 4.51. The standard InChI is InChI=1S/C17H25ClFNO/c1-5-17(6-2,20(7-3)8-4)16(21)12-13-9-10-15(19)14(18)11-13/h9-11H,5-8,12H2,1-4H3. The predicted octanol–water partition coefficient (Wildman–Crippen LogP) is 4.49. The van der Waals surface area contributed by atoms with E-state index in [1.807, 2.05) is 0 Å². The van der Waals surface area contributed by atoms with E-state index in [1.54, 1.807) is 12.1 Å². The molecule has 0 aliphatic heterocycles. The maximum Gasteiger partial charge on any atom is 0.157 e. The first-order valence-corrected chi connectivity index (χ1v) is 8.05. The fraction of sp³-hybridized carbons (Fsp3) is 0.588. The molecule has 0 bridgehead atoms. The molecule has 0 aromatic heterocycles. The largest absolute Gasteiger partial charge is 0.297 e. The fourth-order valence-electron chi connectivity index (χ4n) is 3.10. The third-order valence-electron chi connectivity index (χ3n) is 4.41. The number of Topliss-reactive ketones (excluding diaryl/α,β-unsaturated/α-hetero) is 1. The van der Waals surface area contributed by atoms with Crippen LogP contribution in [0.4, 0.5) is 4.39 Å². The number of hydrogen-bond donors (Lipinski definition) is 0. The van der Waals surface area contributed by atoms with Crippen LogP contribution in [0.2, 0.25) is 5.02 Å². The van der Waals surface area contributed by atoms with E-state index >= 15 is 0 Å². The van der Waals surface area contributed by atoms with Crippen LogP contribution in [0.5, 0.6) is 0 Å². The van der Waals surface area contributed by atoms with Gasteiger partial charge >= 0.3 is 0 Å². The van der Waals surface area contributed by atoms with E-state index < -0.39 is 11.4 Å². The van der Waals surface area contributed by atoms with Crippen molar-refractivity contribution >= 4 is 17.4 Å². The van der Waals surface area contributed by atoms with E-state index in [0.29, 0.717) is 0 Å². The van der Waals surface area contributed by atoms with Crippen molar-refractivity contribution in [1.82, 2.24) is 4.90 Å². The van der Waals surface area contributed by atoms with Gasteiger partial charge in [0.15, 0.2) is 5.78 Å². The predicted molar refractivity (Wildman–Crippen MR) is 86.4 cm³/mol. The number of carbonyl (C=O) groups is 1. The Hall–Kier alpha value is -0.930. The summed E-state index contributed by atoms with van der Waals surface area (Å²) in [4.78, 5) is 15.1. The Balaban J connectivity index is 3.03. The minimum absolute atomic E-state index is 0.0711. The molecule has 0 radical (unpaired) electrons. The van der Waals surface area contributed by atoms with E-state index in [2.05, 4.69) is 32.6 Å². The van der Waals surface area contributed by atoms with Gasteiger partial charge in [-0.1, -0.05) is 45.4 Å². The molecule has 118 valence electrons. The van der Waals surface area contributed by atoms with E-state index in [1.165, 1.54) is 6.07 Å². The molecule has 0 saturated heterocycles. The minimum Gasteiger partial charge on any atom is -0.297 e. The summed E-state index contributed by atoms with van der Waals surface area (Å²) in [6.07, 6.45) is 1.84. The molecule has 0 unspecified atom stereocenters. The van der Waals surface area contributed by atoms with Crippen LogP contribution < -0.4 is 0 Å². The van der Waals surface area contributed by atoms with Gasteiger partial charge in [-0.15, -0.1) is 0 Å². The zero-order chi connectivity index (χ0) is 16.0. The van der Waals surface area contributed by atoms with Crippen molar-refractivity contribution in [3.8, 4) is 0 Å². The molecule has 0 aliphatic carbocycles. The summed E-state index contributed by atoms with van der Waals surface area (Å²) in [5, 5.41) is 0.0711. The number of likely N-dealkylation sites (N-methyl/N-ethyl adjacent to an activating group) is 1. The minimum atomic E-state index is -0.450. The molecule has 0 N–H and O–H groups in total. The molecule has 4 heteroatoms. The van der Waals surface area contributed by atoms with E-state index in [0.717, 1.165) is 31.5 Å². The lowest BCUT2D eigenvalue weighted by molar-refractivity contribution is -0.131. The molecule has 1 rings (SSSR count). The van der Waals surface area contributed by atoms with Gasteiger partial charge in [0.2, 0.25) is 0 Å². The fourth-order valence-corrected chi connectivity index (χ4v) is 3.30. The molecule has 0 amide bonds. The van der Waals surface area contributed by atoms with E-state index in [9.17, 15) is 9.18 Å². The molecular formula is C17H25ClFNO. The highest BCUT2D eigenvalue weighted by Gasteiger charge is 2.38. The second-order valence-corrected chi connectivity index (χ2v) is 5.67. The summed E-state index contributed by atoms with van der Waals surface area (Å²) < 4.78 is 13.2. The Bertz CT molecular complexity index is 482. The third-order valence-corrected chi connectivity index (χ3v) is 4.70. The second-order valence-electron chi connectivity index (χ2n) is 5.26. The van der Waals surface area contributed by atoms with Crippen LogP contribution in [-0.4, -0.2) is 29.3 Å². The van der Waals surface area contributed by atoms with Crippen LogP contribution in [0.15, 0.2) is 18.2 Å². The number of hydrogen-bond acceptors (Lipinski definition) is 2. The molecule has 1 aromatic rings. The summed E-state index contributed by atoms with van der Waals surface area (Å²) in [7, 11) is 0. The van der Waals surface area contributed by atoms with Crippen molar-refractivity contribution in [2.45, 2.75) is 52.5 Å². The molecule has 0 spiro atoms. The summed E-state index contributed by atoms with van der Waals surface area (Å²) in [6.45, 7) is 9.94. The SMILES string of the molecule is CCN(CC)C(CC)(CC)C(=O)Cc1ccc(F)c(Cl)c1. The highest BCUT2D eigenvalue weighted by atomic mass is 35.5. The molecule has 0 aliphatic rings. The van der Waals surface area contributed by atoms with Gasteiger partial charge in [0, 0.05) is 6.42 Å². The monoisotopic (exact) mass is 313 g/mol. The van der Waals surface area contributed by atoms with Crippen LogP contribution >= 0.6 is 11.6 Å². The van der Waals surface area contributed by atoms with Crippen molar-refractivity contribution in [3.63, 3.8) is 0 Å². The van der Waals surface area contributed by atoms with Crippen LogP contribution in [0, 0.1) is 5.82 Å². The maximum absolute atomic E-state index is 13.2. The highest BCUT2D eigenvalue weighted by molar-refractivity contribution is 6.30. The lowest BCUT2D eigenvalue weighted by Gasteiger charge is -2.41. The number of rotatable bonds is 8. The lowest BCUT2D eigenvalue weighted by atomic mass is 9.83. The smallest absolute Gasteiger partial charge is 0.157 e. The maximum atomic E-state index is 13.2. The van der Waals surface area contributed by atoms with Crippen molar-refractivity contribution in [1.29, 1.82) is 0 Å². The van der Waals surface area contributed by atoms with Crippen LogP contribution in [0.25, 0.3) is 0 Å². The first kappa shape index (κ1) is 18.1. The lowest BCUT2D eigenvalue weighted by Crippen LogP contribution is -2.54. The Labute approximate surface area is 132 Å². The van der Waals surface area contributed by atoms with E-state index in [-0.39, 0.29) is 17.2 Å². The van der Waals surface area contributed by atoms with Gasteiger partial charge in [-0.05, 0) is 43.6 Å². The average molecular weight is 314 g/mol. The van der Waals surface area contributed by atoms with Gasteiger partial charge in [-0.3, -0.25) is 9.69 Å². The van der Waals surface area contributed by atoms with Crippen LogP contribution in [-0.2, 0) is 11.2 Å². The van der Waals surface area contributed by atoms with Crippen molar-refractivity contribution in [2.75, 3.05) is 13.1 Å². The number of nitrogens with zero attached hydrogens (tertiary/aromatic N) is 1. The quantitative estimate of drug-likeness (QED) is 0.704. The highest BCUT2D eigenvalue weighted by Crippen LogP contribution is 2.27. The molecule has 0 fully saturated rings.